The number of carbonyl (C=O) groups excluding carboxylic acids is 2. The maximum absolute atomic E-state index is 12.9. The second-order valence-electron chi connectivity index (χ2n) is 9.45. The number of aromatic nitrogens is 2. The zero-order chi connectivity index (χ0) is 25.7. The third-order valence-corrected chi connectivity index (χ3v) is 7.27. The lowest BCUT2D eigenvalue weighted by molar-refractivity contribution is -0.140. The van der Waals surface area contributed by atoms with Crippen LogP contribution in [0, 0.1) is 13.8 Å². The van der Waals surface area contributed by atoms with Crippen molar-refractivity contribution in [3.05, 3.63) is 82.2 Å². The molecule has 0 aliphatic carbocycles. The number of ether oxygens (including phenoxy) is 1. The number of methoxy groups -OCH3 is 1. The second-order valence-corrected chi connectivity index (χ2v) is 9.45. The van der Waals surface area contributed by atoms with E-state index in [0.717, 1.165) is 48.6 Å². The Hall–Kier alpha value is -3.45. The van der Waals surface area contributed by atoms with E-state index in [-0.39, 0.29) is 11.9 Å². The Bertz CT molecular complexity index is 1220. The molecule has 1 aromatic heterocycles. The Labute approximate surface area is 213 Å². The molecular formula is C29H36N4O3. The molecule has 2 heterocycles. The van der Waals surface area contributed by atoms with Crippen molar-refractivity contribution < 1.29 is 14.3 Å². The van der Waals surface area contributed by atoms with E-state index in [9.17, 15) is 9.59 Å². The molecule has 0 fully saturated rings. The molecule has 190 valence electrons. The van der Waals surface area contributed by atoms with Gasteiger partial charge in [0.15, 0.2) is 0 Å². The van der Waals surface area contributed by atoms with Crippen molar-refractivity contribution in [1.29, 1.82) is 0 Å². The average Bonchev–Trinajstić information content (AvgIpc) is 3.20. The first-order valence-corrected chi connectivity index (χ1v) is 12.7. The van der Waals surface area contributed by atoms with Gasteiger partial charge in [-0.05, 0) is 74.1 Å². The van der Waals surface area contributed by atoms with Gasteiger partial charge in [-0.1, -0.05) is 31.2 Å². The van der Waals surface area contributed by atoms with E-state index in [1.807, 2.05) is 42.8 Å². The predicted molar refractivity (Wildman–Crippen MR) is 140 cm³/mol. The lowest BCUT2D eigenvalue weighted by Gasteiger charge is -2.35. The van der Waals surface area contributed by atoms with Crippen LogP contribution >= 0.6 is 0 Å². The quantitative estimate of drug-likeness (QED) is 0.458. The number of esters is 1. The summed E-state index contributed by atoms with van der Waals surface area (Å²) in [5.41, 5.74) is 7.27. The van der Waals surface area contributed by atoms with E-state index >= 15 is 0 Å². The maximum atomic E-state index is 12.9. The Balaban J connectivity index is 1.37. The van der Waals surface area contributed by atoms with Gasteiger partial charge in [-0.15, -0.1) is 0 Å². The van der Waals surface area contributed by atoms with E-state index in [4.69, 9.17) is 4.74 Å². The highest BCUT2D eigenvalue weighted by Crippen LogP contribution is 2.22. The topological polar surface area (TPSA) is 76.5 Å². The average molecular weight is 489 g/mol. The molecule has 1 atom stereocenters. The largest absolute Gasteiger partial charge is 0.469 e. The SMILES string of the molecule is CCC(CNC(=O)c1ccc(-n2nc(C)c(CCC(=O)OC)c2C)cc1)N1CCc2ccccc2C1. The molecular weight excluding hydrogens is 452 g/mol. The number of amides is 1. The van der Waals surface area contributed by atoms with Crippen molar-refractivity contribution in [2.75, 3.05) is 20.2 Å². The van der Waals surface area contributed by atoms with Gasteiger partial charge in [-0.3, -0.25) is 14.5 Å². The number of fused-ring (bicyclic) bond motifs is 1. The van der Waals surface area contributed by atoms with Crippen LogP contribution in [0.25, 0.3) is 5.69 Å². The Morgan fingerprint density at radius 2 is 1.81 bits per heavy atom. The minimum absolute atomic E-state index is 0.0652. The number of nitrogens with one attached hydrogen (secondary N) is 1. The normalized spacial score (nSPS) is 14.2. The molecule has 1 aliphatic rings. The van der Waals surface area contributed by atoms with Crippen LogP contribution in [0.5, 0.6) is 0 Å². The van der Waals surface area contributed by atoms with Gasteiger partial charge in [-0.2, -0.15) is 5.10 Å². The first-order chi connectivity index (χ1) is 17.4. The van der Waals surface area contributed by atoms with Crippen LogP contribution in [-0.2, 0) is 28.9 Å². The first-order valence-electron chi connectivity index (χ1n) is 12.7. The number of nitrogens with zero attached hydrogens (tertiary/aromatic N) is 3. The molecule has 1 N–H and O–H groups in total. The van der Waals surface area contributed by atoms with Gasteiger partial charge in [0.25, 0.3) is 5.91 Å². The first kappa shape index (κ1) is 25.6. The molecule has 1 unspecified atom stereocenters. The molecule has 7 nitrogen and oxygen atoms in total. The fourth-order valence-electron chi connectivity index (χ4n) is 5.04. The third-order valence-electron chi connectivity index (χ3n) is 7.27. The van der Waals surface area contributed by atoms with Gasteiger partial charge in [-0.25, -0.2) is 4.68 Å². The minimum atomic E-state index is -0.229. The van der Waals surface area contributed by atoms with Crippen LogP contribution in [0.4, 0.5) is 0 Å². The van der Waals surface area contributed by atoms with Gasteiger partial charge >= 0.3 is 5.97 Å². The highest BCUT2D eigenvalue weighted by atomic mass is 16.5. The number of aryl methyl sites for hydroxylation is 1. The predicted octanol–water partition coefficient (Wildman–Crippen LogP) is 4.16. The van der Waals surface area contributed by atoms with E-state index < -0.39 is 0 Å². The summed E-state index contributed by atoms with van der Waals surface area (Å²) in [7, 11) is 1.40. The van der Waals surface area contributed by atoms with Crippen molar-refractivity contribution in [1.82, 2.24) is 20.0 Å². The summed E-state index contributed by atoms with van der Waals surface area (Å²) in [5.74, 6) is -0.295. The van der Waals surface area contributed by atoms with Gasteiger partial charge in [0, 0.05) is 43.4 Å². The molecule has 0 saturated carbocycles. The molecule has 0 radical (unpaired) electrons. The minimum Gasteiger partial charge on any atom is -0.469 e. The Kier molecular flexibility index (Phi) is 8.21. The maximum Gasteiger partial charge on any atom is 0.305 e. The summed E-state index contributed by atoms with van der Waals surface area (Å²) in [5, 5.41) is 7.80. The Morgan fingerprint density at radius 1 is 1.08 bits per heavy atom. The summed E-state index contributed by atoms with van der Waals surface area (Å²) in [6.07, 6.45) is 2.95. The monoisotopic (exact) mass is 488 g/mol. The third kappa shape index (κ3) is 5.68. The number of hydrogen-bond acceptors (Lipinski definition) is 5. The van der Waals surface area contributed by atoms with Crippen LogP contribution in [0.2, 0.25) is 0 Å². The van der Waals surface area contributed by atoms with E-state index in [1.165, 1.54) is 18.2 Å². The van der Waals surface area contributed by atoms with Crippen molar-refractivity contribution in [2.45, 2.75) is 59.0 Å². The number of rotatable bonds is 9. The van der Waals surface area contributed by atoms with Gasteiger partial charge in [0.1, 0.15) is 0 Å². The summed E-state index contributed by atoms with van der Waals surface area (Å²) >= 11 is 0. The van der Waals surface area contributed by atoms with Gasteiger partial charge in [0.05, 0.1) is 18.5 Å². The zero-order valence-corrected chi connectivity index (χ0v) is 21.7. The van der Waals surface area contributed by atoms with Crippen molar-refractivity contribution in [2.24, 2.45) is 0 Å². The zero-order valence-electron chi connectivity index (χ0n) is 21.7. The standard InChI is InChI=1S/C29H36N4O3/c1-5-25(32-17-16-22-8-6-7-9-24(22)19-32)18-30-29(35)23-10-12-26(13-11-23)33-21(3)27(20(2)31-33)14-15-28(34)36-4/h6-13,25H,5,14-19H2,1-4H3,(H,30,35). The molecule has 36 heavy (non-hydrogen) atoms. The molecule has 4 rings (SSSR count). The molecule has 7 heteroatoms. The van der Waals surface area contributed by atoms with Crippen molar-refractivity contribution in [3.63, 3.8) is 0 Å². The molecule has 3 aromatic rings. The van der Waals surface area contributed by atoms with Crippen LogP contribution in [0.3, 0.4) is 0 Å². The van der Waals surface area contributed by atoms with Crippen molar-refractivity contribution in [3.8, 4) is 5.69 Å². The smallest absolute Gasteiger partial charge is 0.305 e. The molecule has 1 amide bonds. The second kappa shape index (κ2) is 11.5. The van der Waals surface area contributed by atoms with E-state index in [2.05, 4.69) is 46.5 Å². The van der Waals surface area contributed by atoms with Crippen LogP contribution < -0.4 is 5.32 Å². The number of carbonyl (C=O) groups is 2. The molecule has 2 aromatic carbocycles. The van der Waals surface area contributed by atoms with E-state index in [0.29, 0.717) is 31.0 Å². The summed E-state index contributed by atoms with van der Waals surface area (Å²) < 4.78 is 6.63. The fourth-order valence-corrected chi connectivity index (χ4v) is 5.04. The van der Waals surface area contributed by atoms with E-state index in [1.54, 1.807) is 0 Å². The highest BCUT2D eigenvalue weighted by molar-refractivity contribution is 5.94. The number of hydrogen-bond donors (Lipinski definition) is 1. The summed E-state index contributed by atoms with van der Waals surface area (Å²) in [6, 6.07) is 16.4. The summed E-state index contributed by atoms with van der Waals surface area (Å²) in [6.45, 7) is 8.70. The van der Waals surface area contributed by atoms with Crippen LogP contribution in [0.1, 0.15) is 58.2 Å². The lowest BCUT2D eigenvalue weighted by atomic mass is 9.98. The van der Waals surface area contributed by atoms with Gasteiger partial charge < -0.3 is 10.1 Å². The lowest BCUT2D eigenvalue weighted by Crippen LogP contribution is -2.45. The molecule has 0 saturated heterocycles. The van der Waals surface area contributed by atoms with Crippen molar-refractivity contribution >= 4 is 11.9 Å². The fraction of sp³-hybridized carbons (Fsp3) is 0.414. The van der Waals surface area contributed by atoms with Crippen LogP contribution in [-0.4, -0.2) is 52.8 Å². The molecule has 0 spiro atoms. The number of benzene rings is 2. The molecule has 0 bridgehead atoms. The Morgan fingerprint density at radius 3 is 2.50 bits per heavy atom. The molecule has 1 aliphatic heterocycles. The van der Waals surface area contributed by atoms with Crippen LogP contribution in [0.15, 0.2) is 48.5 Å². The highest BCUT2D eigenvalue weighted by Gasteiger charge is 2.23. The summed E-state index contributed by atoms with van der Waals surface area (Å²) in [4.78, 5) is 26.9. The van der Waals surface area contributed by atoms with Gasteiger partial charge in [0.2, 0.25) is 0 Å².